The monoisotopic (exact) mass is 212 g/mol. The van der Waals surface area contributed by atoms with Crippen LogP contribution in [-0.4, -0.2) is 22.6 Å². The molecule has 3 nitrogen and oxygen atoms in total. The van der Waals surface area contributed by atoms with Crippen molar-refractivity contribution < 1.29 is 14.7 Å². The number of hydrogen-bond acceptors (Lipinski definition) is 3. The third-order valence-corrected chi connectivity index (χ3v) is 2.01. The molecule has 0 saturated carbocycles. The molecule has 0 radical (unpaired) electrons. The Hall–Kier alpha value is -1.35. The zero-order valence-electron chi connectivity index (χ0n) is 7.53. The van der Waals surface area contributed by atoms with Crippen molar-refractivity contribution in [2.24, 2.45) is 0 Å². The van der Waals surface area contributed by atoms with Crippen LogP contribution in [0.1, 0.15) is 27.6 Å². The van der Waals surface area contributed by atoms with Crippen molar-refractivity contribution in [2.45, 2.75) is 12.3 Å². The Morgan fingerprint density at radius 1 is 1.57 bits per heavy atom. The molecule has 0 aliphatic heterocycles. The first-order chi connectivity index (χ1) is 6.57. The molecule has 4 heteroatoms. The molecule has 0 bridgehead atoms. The number of aromatic hydroxyl groups is 1. The molecule has 14 heavy (non-hydrogen) atoms. The van der Waals surface area contributed by atoms with Crippen molar-refractivity contribution >= 4 is 23.7 Å². The molecule has 1 unspecified atom stereocenters. The molecule has 0 aromatic heterocycles. The van der Waals surface area contributed by atoms with E-state index in [0.29, 0.717) is 6.29 Å². The normalized spacial score (nSPS) is 12.1. The summed E-state index contributed by atoms with van der Waals surface area (Å²) in [5.74, 6) is -0.668. The quantitative estimate of drug-likeness (QED) is 0.474. The highest BCUT2D eigenvalue weighted by Gasteiger charge is 2.19. The first-order valence-electron chi connectivity index (χ1n) is 4.03. The fourth-order valence-electron chi connectivity index (χ4n) is 1.12. The largest absolute Gasteiger partial charge is 0.507 e. The molecular formula is C10H9ClO3. The van der Waals surface area contributed by atoms with Gasteiger partial charge in [-0.3, -0.25) is 9.59 Å². The highest BCUT2D eigenvalue weighted by atomic mass is 35.5. The number of carbonyl (C=O) groups is 2. The molecule has 0 fully saturated rings. The highest BCUT2D eigenvalue weighted by molar-refractivity contribution is 6.34. The molecule has 0 saturated heterocycles. The van der Waals surface area contributed by atoms with Gasteiger partial charge in [-0.25, -0.2) is 0 Å². The third-order valence-electron chi connectivity index (χ3n) is 1.81. The van der Waals surface area contributed by atoms with Crippen molar-refractivity contribution in [1.82, 2.24) is 0 Å². The zero-order chi connectivity index (χ0) is 10.7. The van der Waals surface area contributed by atoms with Crippen molar-refractivity contribution in [3.05, 3.63) is 29.3 Å². The molecule has 1 aromatic rings. The van der Waals surface area contributed by atoms with Gasteiger partial charge in [0.05, 0.1) is 10.9 Å². The Labute approximate surface area is 86.3 Å². The summed E-state index contributed by atoms with van der Waals surface area (Å²) in [6, 6.07) is 4.30. The summed E-state index contributed by atoms with van der Waals surface area (Å²) in [5.41, 5.74) is 0.146. The summed E-state index contributed by atoms with van der Waals surface area (Å²) in [6.45, 7) is 1.49. The van der Waals surface area contributed by atoms with E-state index < -0.39 is 11.2 Å². The van der Waals surface area contributed by atoms with Gasteiger partial charge in [-0.2, -0.15) is 0 Å². The van der Waals surface area contributed by atoms with Crippen molar-refractivity contribution in [3.8, 4) is 5.75 Å². The van der Waals surface area contributed by atoms with Gasteiger partial charge >= 0.3 is 0 Å². The minimum absolute atomic E-state index is 0.00926. The second-order valence-electron chi connectivity index (χ2n) is 2.84. The van der Waals surface area contributed by atoms with Crippen LogP contribution in [0.5, 0.6) is 5.75 Å². The van der Waals surface area contributed by atoms with Crippen molar-refractivity contribution in [1.29, 1.82) is 0 Å². The number of phenolic OH excluding ortho intramolecular Hbond substituents is 1. The lowest BCUT2D eigenvalue weighted by Crippen LogP contribution is -2.13. The Balaban J connectivity index is 3.30. The highest BCUT2D eigenvalue weighted by Crippen LogP contribution is 2.22. The number of rotatable bonds is 3. The van der Waals surface area contributed by atoms with E-state index in [1.54, 1.807) is 0 Å². The lowest BCUT2D eigenvalue weighted by atomic mass is 10.0. The molecule has 0 spiro atoms. The summed E-state index contributed by atoms with van der Waals surface area (Å²) in [7, 11) is 0. The number of alkyl halides is 1. The Morgan fingerprint density at radius 2 is 2.21 bits per heavy atom. The van der Waals surface area contributed by atoms with Crippen LogP contribution in [0.25, 0.3) is 0 Å². The molecule has 1 atom stereocenters. The number of hydrogen-bond donors (Lipinski definition) is 1. The zero-order valence-corrected chi connectivity index (χ0v) is 8.28. The van der Waals surface area contributed by atoms with E-state index in [9.17, 15) is 14.7 Å². The maximum Gasteiger partial charge on any atom is 0.184 e. The minimum atomic E-state index is -0.762. The average Bonchev–Trinajstić information content (AvgIpc) is 2.16. The van der Waals surface area contributed by atoms with Crippen LogP contribution in [0.15, 0.2) is 18.2 Å². The smallest absolute Gasteiger partial charge is 0.184 e. The van der Waals surface area contributed by atoms with Crippen LogP contribution in [0.3, 0.4) is 0 Å². The van der Waals surface area contributed by atoms with Crippen LogP contribution in [0, 0.1) is 0 Å². The lowest BCUT2D eigenvalue weighted by Gasteiger charge is -2.07. The second kappa shape index (κ2) is 4.24. The van der Waals surface area contributed by atoms with E-state index in [2.05, 4.69) is 0 Å². The van der Waals surface area contributed by atoms with Gasteiger partial charge in [0.1, 0.15) is 5.75 Å². The van der Waals surface area contributed by atoms with Gasteiger partial charge in [0, 0.05) is 5.56 Å². The molecule has 0 aliphatic rings. The van der Waals surface area contributed by atoms with E-state index >= 15 is 0 Å². The number of ketones is 1. The summed E-state index contributed by atoms with van der Waals surface area (Å²) < 4.78 is 0. The van der Waals surface area contributed by atoms with Crippen molar-refractivity contribution in [3.63, 3.8) is 0 Å². The Bertz CT molecular complexity index is 372. The number of phenols is 1. The number of carbonyl (C=O) groups excluding carboxylic acids is 2. The van der Waals surface area contributed by atoms with Gasteiger partial charge in [0.15, 0.2) is 12.1 Å². The first-order valence-corrected chi connectivity index (χ1v) is 4.47. The second-order valence-corrected chi connectivity index (χ2v) is 3.49. The summed E-state index contributed by atoms with van der Waals surface area (Å²) in [5, 5.41) is 8.64. The maximum absolute atomic E-state index is 11.5. The number of aldehydes is 1. The summed E-state index contributed by atoms with van der Waals surface area (Å²) in [4.78, 5) is 22.1. The van der Waals surface area contributed by atoms with Gasteiger partial charge < -0.3 is 5.11 Å². The molecule has 1 N–H and O–H groups in total. The van der Waals surface area contributed by atoms with Gasteiger partial charge in [0.2, 0.25) is 0 Å². The van der Waals surface area contributed by atoms with E-state index in [-0.39, 0.29) is 16.9 Å². The van der Waals surface area contributed by atoms with Crippen LogP contribution in [0.4, 0.5) is 0 Å². The van der Waals surface area contributed by atoms with Crippen LogP contribution in [0.2, 0.25) is 0 Å². The maximum atomic E-state index is 11.5. The van der Waals surface area contributed by atoms with Gasteiger partial charge in [-0.1, -0.05) is 12.1 Å². The topological polar surface area (TPSA) is 54.4 Å². The SMILES string of the molecule is CC(Cl)C(=O)c1c(O)cccc1C=O. The molecule has 0 amide bonds. The van der Waals surface area contributed by atoms with Crippen molar-refractivity contribution in [2.75, 3.05) is 0 Å². The number of benzene rings is 1. The van der Waals surface area contributed by atoms with Crippen LogP contribution in [-0.2, 0) is 0 Å². The minimum Gasteiger partial charge on any atom is -0.507 e. The van der Waals surface area contributed by atoms with E-state index in [4.69, 9.17) is 11.6 Å². The first kappa shape index (κ1) is 10.7. The van der Waals surface area contributed by atoms with E-state index in [1.165, 1.54) is 25.1 Å². The molecule has 74 valence electrons. The van der Waals surface area contributed by atoms with Crippen LogP contribution >= 0.6 is 11.6 Å². The fraction of sp³-hybridized carbons (Fsp3) is 0.200. The third kappa shape index (κ3) is 1.93. The summed E-state index contributed by atoms with van der Waals surface area (Å²) in [6.07, 6.45) is 0.520. The molecule has 0 aliphatic carbocycles. The molecule has 1 rings (SSSR count). The predicted octanol–water partition coefficient (Wildman–Crippen LogP) is 2.01. The predicted molar refractivity (Wildman–Crippen MR) is 53.1 cm³/mol. The van der Waals surface area contributed by atoms with E-state index in [1.807, 2.05) is 0 Å². The number of Topliss-reactive ketones (excluding diaryl/α,β-unsaturated/α-hetero) is 1. The van der Waals surface area contributed by atoms with Gasteiger partial charge in [-0.05, 0) is 13.0 Å². The Kier molecular flexibility index (Phi) is 3.25. The number of halogens is 1. The lowest BCUT2D eigenvalue weighted by molar-refractivity contribution is 0.0982. The van der Waals surface area contributed by atoms with E-state index in [0.717, 1.165) is 0 Å². The fourth-order valence-corrected chi connectivity index (χ4v) is 1.23. The van der Waals surface area contributed by atoms with Gasteiger partial charge in [0.25, 0.3) is 0 Å². The molecular weight excluding hydrogens is 204 g/mol. The average molecular weight is 213 g/mol. The standard InChI is InChI=1S/C10H9ClO3/c1-6(11)10(14)9-7(5-12)3-2-4-8(9)13/h2-6,13H,1H3. The molecule has 1 aromatic carbocycles. The Morgan fingerprint density at radius 3 is 2.71 bits per heavy atom. The van der Waals surface area contributed by atoms with Gasteiger partial charge in [-0.15, -0.1) is 11.6 Å². The summed E-state index contributed by atoms with van der Waals surface area (Å²) >= 11 is 5.59. The van der Waals surface area contributed by atoms with Crippen LogP contribution < -0.4 is 0 Å². The molecule has 0 heterocycles.